The van der Waals surface area contributed by atoms with E-state index in [4.69, 9.17) is 4.74 Å². The topological polar surface area (TPSA) is 93.1 Å². The van der Waals surface area contributed by atoms with Gasteiger partial charge in [-0.15, -0.1) is 0 Å². The Bertz CT molecular complexity index is 1130. The predicted octanol–water partition coefficient (Wildman–Crippen LogP) is 6.70. The Hall–Kier alpha value is -2.57. The molecule has 41 heavy (non-hydrogen) atoms. The number of alkyl halides is 5. The Kier molecular flexibility index (Phi) is 11.7. The van der Waals surface area contributed by atoms with Crippen LogP contribution in [0.5, 0.6) is 11.5 Å². The van der Waals surface area contributed by atoms with Gasteiger partial charge in [-0.1, -0.05) is 32.3 Å². The van der Waals surface area contributed by atoms with Gasteiger partial charge in [0.15, 0.2) is 0 Å². The summed E-state index contributed by atoms with van der Waals surface area (Å²) in [6.45, 7) is 2.17. The van der Waals surface area contributed by atoms with Crippen molar-refractivity contribution < 1.29 is 46.2 Å². The number of halogens is 5. The van der Waals surface area contributed by atoms with Gasteiger partial charge >= 0.3 is 12.1 Å². The molecule has 1 amide bonds. The smallest absolute Gasteiger partial charge is 0.453 e. The average Bonchev–Trinajstić information content (AvgIpc) is 2.91. The molecule has 1 aliphatic rings. The lowest BCUT2D eigenvalue weighted by atomic mass is 9.93. The zero-order chi connectivity index (χ0) is 30.2. The summed E-state index contributed by atoms with van der Waals surface area (Å²) in [4.78, 5) is 15.0. The molecule has 2 N–H and O–H groups in total. The van der Waals surface area contributed by atoms with Crippen LogP contribution in [0, 0.1) is 0 Å². The van der Waals surface area contributed by atoms with Crippen molar-refractivity contribution in [3.05, 3.63) is 59.2 Å². The molecule has 0 aromatic heterocycles. The number of carbonyl (C=O) groups is 1. The number of rotatable bonds is 14. The van der Waals surface area contributed by atoms with Gasteiger partial charge < -0.3 is 24.4 Å². The Labute approximate surface area is 239 Å². The quantitative estimate of drug-likeness (QED) is 0.142. The molecule has 2 aromatic rings. The highest BCUT2D eigenvalue weighted by molar-refractivity contribution is 7.91. The van der Waals surface area contributed by atoms with Gasteiger partial charge in [0.2, 0.25) is 5.44 Å². The molecule has 0 aliphatic carbocycles. The first-order valence-electron chi connectivity index (χ1n) is 13.7. The van der Waals surface area contributed by atoms with E-state index in [1.807, 2.05) is 6.92 Å². The number of amides is 1. The van der Waals surface area contributed by atoms with E-state index in [-0.39, 0.29) is 36.3 Å². The fourth-order valence-electron chi connectivity index (χ4n) is 4.75. The van der Waals surface area contributed by atoms with Gasteiger partial charge in [0.1, 0.15) is 17.3 Å². The van der Waals surface area contributed by atoms with Gasteiger partial charge in [0, 0.05) is 24.9 Å². The minimum atomic E-state index is -5.66. The number of phenolic OH excluding ortho intramolecular Hbond substituents is 2. The van der Waals surface area contributed by atoms with Crippen molar-refractivity contribution in [3.63, 3.8) is 0 Å². The van der Waals surface area contributed by atoms with Crippen LogP contribution in [-0.2, 0) is 28.9 Å². The van der Waals surface area contributed by atoms with Crippen molar-refractivity contribution in [3.8, 4) is 11.5 Å². The molecule has 1 heterocycles. The second-order valence-electron chi connectivity index (χ2n) is 10.3. The first kappa shape index (κ1) is 32.9. The molecule has 0 fully saturated rings. The summed E-state index contributed by atoms with van der Waals surface area (Å²) < 4.78 is 83.5. The average molecular weight is 606 g/mol. The molecule has 3 unspecified atom stereocenters. The fourth-order valence-corrected chi connectivity index (χ4v) is 6.10. The predicted molar refractivity (Wildman–Crippen MR) is 145 cm³/mol. The van der Waals surface area contributed by atoms with E-state index in [1.165, 1.54) is 30.3 Å². The third kappa shape index (κ3) is 9.21. The van der Waals surface area contributed by atoms with Crippen LogP contribution in [0.2, 0.25) is 0 Å². The lowest BCUT2D eigenvalue weighted by Gasteiger charge is -2.37. The van der Waals surface area contributed by atoms with Gasteiger partial charge in [-0.05, 0) is 78.0 Å². The van der Waals surface area contributed by atoms with E-state index in [0.717, 1.165) is 30.4 Å². The van der Waals surface area contributed by atoms with Gasteiger partial charge in [0.05, 0.1) is 12.6 Å². The molecule has 0 saturated carbocycles. The zero-order valence-corrected chi connectivity index (χ0v) is 23.7. The van der Waals surface area contributed by atoms with E-state index in [2.05, 4.69) is 0 Å². The van der Waals surface area contributed by atoms with E-state index in [1.54, 1.807) is 17.0 Å². The Balaban J connectivity index is 1.74. The number of hydrogen-bond acceptors (Lipinski definition) is 5. The minimum absolute atomic E-state index is 0.00212. The second-order valence-corrected chi connectivity index (χ2v) is 12.0. The summed E-state index contributed by atoms with van der Waals surface area (Å²) in [6.07, 6.45) is -3.72. The third-order valence-corrected chi connectivity index (χ3v) is 8.76. The van der Waals surface area contributed by atoms with Gasteiger partial charge in [-0.2, -0.15) is 22.0 Å². The van der Waals surface area contributed by atoms with E-state index >= 15 is 0 Å². The molecule has 6 nitrogen and oxygen atoms in total. The SMILES string of the molecule is CCCCCCC(OCC1Cc2cc(O)ccc2CN1C(=O)c1ccc(O)cc1)[S+]([O-])CCCC(F)(F)C(F)(F)F. The van der Waals surface area contributed by atoms with Crippen molar-refractivity contribution in [1.29, 1.82) is 0 Å². The third-order valence-electron chi connectivity index (χ3n) is 7.11. The van der Waals surface area contributed by atoms with Gasteiger partial charge in [-0.25, -0.2) is 0 Å². The summed E-state index contributed by atoms with van der Waals surface area (Å²) in [7, 11) is 0. The normalized spacial score (nSPS) is 17.2. The monoisotopic (exact) mass is 605 g/mol. The van der Waals surface area contributed by atoms with Crippen LogP contribution < -0.4 is 0 Å². The van der Waals surface area contributed by atoms with Crippen LogP contribution in [0.3, 0.4) is 0 Å². The fraction of sp³-hybridized carbons (Fsp3) is 0.552. The maximum atomic E-state index is 13.5. The molecule has 1 aliphatic heterocycles. The highest BCUT2D eigenvalue weighted by Gasteiger charge is 2.56. The molecule has 3 atom stereocenters. The van der Waals surface area contributed by atoms with Gasteiger partial charge in [0.25, 0.3) is 5.91 Å². The van der Waals surface area contributed by atoms with Crippen molar-refractivity contribution in [1.82, 2.24) is 4.90 Å². The van der Waals surface area contributed by atoms with Crippen molar-refractivity contribution in [2.75, 3.05) is 12.4 Å². The van der Waals surface area contributed by atoms with Crippen LogP contribution in [0.1, 0.15) is 73.4 Å². The summed E-state index contributed by atoms with van der Waals surface area (Å²) in [5.74, 6) is -5.49. The van der Waals surface area contributed by atoms with Crippen molar-refractivity contribution in [2.45, 2.75) is 88.4 Å². The molecular formula is C29H36F5NO5S. The lowest BCUT2D eigenvalue weighted by Crippen LogP contribution is -2.47. The largest absolute Gasteiger partial charge is 0.614 e. The molecule has 2 aromatic carbocycles. The minimum Gasteiger partial charge on any atom is -0.614 e. The molecule has 228 valence electrons. The first-order valence-corrected chi connectivity index (χ1v) is 15.0. The van der Waals surface area contributed by atoms with Crippen molar-refractivity contribution >= 4 is 17.1 Å². The number of aromatic hydroxyl groups is 2. The first-order chi connectivity index (χ1) is 19.3. The Morgan fingerprint density at radius 1 is 1.02 bits per heavy atom. The Morgan fingerprint density at radius 2 is 1.71 bits per heavy atom. The molecule has 3 rings (SSSR count). The number of phenols is 2. The number of unbranched alkanes of at least 4 members (excludes halogenated alkanes) is 3. The van der Waals surface area contributed by atoms with E-state index in [9.17, 15) is 41.5 Å². The molecular weight excluding hydrogens is 569 g/mol. The molecule has 0 saturated heterocycles. The van der Waals surface area contributed by atoms with Crippen LogP contribution in [0.4, 0.5) is 22.0 Å². The highest BCUT2D eigenvalue weighted by atomic mass is 32.2. The van der Waals surface area contributed by atoms with Crippen LogP contribution in [0.25, 0.3) is 0 Å². The van der Waals surface area contributed by atoms with E-state index < -0.39 is 47.6 Å². The van der Waals surface area contributed by atoms with Crippen LogP contribution >= 0.6 is 0 Å². The summed E-state index contributed by atoms with van der Waals surface area (Å²) in [5, 5.41) is 19.6. The Morgan fingerprint density at radius 3 is 2.37 bits per heavy atom. The number of fused-ring (bicyclic) bond motifs is 1. The number of hydrogen-bond donors (Lipinski definition) is 2. The summed E-state index contributed by atoms with van der Waals surface area (Å²) >= 11 is -1.83. The lowest BCUT2D eigenvalue weighted by molar-refractivity contribution is -0.284. The molecule has 0 spiro atoms. The van der Waals surface area contributed by atoms with Gasteiger partial charge in [-0.3, -0.25) is 4.79 Å². The maximum absolute atomic E-state index is 13.5. The number of benzene rings is 2. The van der Waals surface area contributed by atoms with Crippen molar-refractivity contribution in [2.24, 2.45) is 0 Å². The highest BCUT2D eigenvalue weighted by Crippen LogP contribution is 2.39. The maximum Gasteiger partial charge on any atom is 0.453 e. The zero-order valence-electron chi connectivity index (χ0n) is 22.8. The standard InChI is InChI=1S/C29H36F5NO5S/c1-2-3-4-5-7-26(41(39)15-6-14-28(30,31)29(32,33)34)40-19-23-16-22-17-25(37)13-10-21(22)18-35(23)27(38)20-8-11-24(36)12-9-20/h8-13,17,23,26,36-37H,2-7,14-16,18-19H2,1H3. The van der Waals surface area contributed by atoms with E-state index in [0.29, 0.717) is 24.8 Å². The van der Waals surface area contributed by atoms with Crippen LogP contribution in [0.15, 0.2) is 42.5 Å². The number of nitrogens with zero attached hydrogens (tertiary/aromatic N) is 1. The summed E-state index contributed by atoms with van der Waals surface area (Å²) in [6, 6.07) is 10.1. The molecule has 0 radical (unpaired) electrons. The second kappa shape index (κ2) is 14.6. The number of ether oxygens (including phenoxy) is 1. The molecule has 0 bridgehead atoms. The molecule has 12 heteroatoms. The van der Waals surface area contributed by atoms with Crippen LogP contribution in [-0.4, -0.2) is 61.5 Å². The summed E-state index contributed by atoms with van der Waals surface area (Å²) in [5.41, 5.74) is 1.07. The number of carbonyl (C=O) groups excluding carboxylic acids is 1.